The van der Waals surface area contributed by atoms with E-state index in [-0.39, 0.29) is 11.8 Å². The summed E-state index contributed by atoms with van der Waals surface area (Å²) in [5.74, 6) is -0.733. The highest BCUT2D eigenvalue weighted by Crippen LogP contribution is 2.05. The second-order valence-electron chi connectivity index (χ2n) is 4.40. The number of hydrazine groups is 1. The molecule has 108 valence electrons. The first-order chi connectivity index (χ1) is 10.2. The van der Waals surface area contributed by atoms with Gasteiger partial charge in [0, 0.05) is 18.2 Å². The van der Waals surface area contributed by atoms with Crippen molar-refractivity contribution in [1.82, 2.24) is 10.9 Å². The molecule has 2 amide bonds. The molecule has 0 saturated carbocycles. The van der Waals surface area contributed by atoms with Crippen LogP contribution in [0.5, 0.6) is 0 Å². The second-order valence-corrected chi connectivity index (χ2v) is 4.40. The minimum atomic E-state index is -0.372. The van der Waals surface area contributed by atoms with Gasteiger partial charge >= 0.3 is 0 Å². The van der Waals surface area contributed by atoms with Crippen molar-refractivity contribution in [2.24, 2.45) is 0 Å². The van der Waals surface area contributed by atoms with Gasteiger partial charge in [-0.25, -0.2) is 0 Å². The van der Waals surface area contributed by atoms with E-state index in [0.717, 1.165) is 5.56 Å². The Bertz CT molecular complexity index is 609. The fourth-order valence-electron chi connectivity index (χ4n) is 1.77. The summed E-state index contributed by atoms with van der Waals surface area (Å²) in [6.45, 7) is 0.493. The minimum absolute atomic E-state index is 0.361. The van der Waals surface area contributed by atoms with Crippen molar-refractivity contribution in [2.75, 3.05) is 7.11 Å². The van der Waals surface area contributed by atoms with E-state index in [1.165, 1.54) is 0 Å². The molecule has 0 aliphatic rings. The van der Waals surface area contributed by atoms with Crippen LogP contribution in [0, 0.1) is 0 Å². The third kappa shape index (κ3) is 4.15. The topological polar surface area (TPSA) is 67.4 Å². The van der Waals surface area contributed by atoms with Gasteiger partial charge in [-0.05, 0) is 29.8 Å². The zero-order valence-electron chi connectivity index (χ0n) is 11.6. The van der Waals surface area contributed by atoms with Gasteiger partial charge in [0.25, 0.3) is 11.8 Å². The van der Waals surface area contributed by atoms with Crippen molar-refractivity contribution in [3.05, 3.63) is 71.3 Å². The lowest BCUT2D eigenvalue weighted by Gasteiger charge is -2.08. The van der Waals surface area contributed by atoms with Gasteiger partial charge in [0.05, 0.1) is 6.61 Å². The van der Waals surface area contributed by atoms with E-state index in [2.05, 4.69) is 10.9 Å². The van der Waals surface area contributed by atoms with Crippen LogP contribution < -0.4 is 10.9 Å². The first kappa shape index (κ1) is 14.7. The molecule has 2 rings (SSSR count). The summed E-state index contributed by atoms with van der Waals surface area (Å²) in [5, 5.41) is 0. The Morgan fingerprint density at radius 1 is 0.857 bits per heavy atom. The van der Waals surface area contributed by atoms with Crippen LogP contribution in [0.3, 0.4) is 0 Å². The molecule has 0 radical (unpaired) electrons. The maximum absolute atomic E-state index is 11.9. The van der Waals surface area contributed by atoms with Crippen LogP contribution in [0.15, 0.2) is 54.6 Å². The van der Waals surface area contributed by atoms with E-state index < -0.39 is 0 Å². The Labute approximate surface area is 122 Å². The van der Waals surface area contributed by atoms with Crippen LogP contribution in [-0.4, -0.2) is 18.9 Å². The lowest BCUT2D eigenvalue weighted by molar-refractivity contribution is 0.0846. The van der Waals surface area contributed by atoms with Gasteiger partial charge in [0.15, 0.2) is 0 Å². The largest absolute Gasteiger partial charge is 0.380 e. The summed E-state index contributed by atoms with van der Waals surface area (Å²) in [6.07, 6.45) is 0. The molecule has 0 unspecified atom stereocenters. The molecule has 0 aromatic heterocycles. The lowest BCUT2D eigenvalue weighted by Crippen LogP contribution is -2.41. The maximum Gasteiger partial charge on any atom is 0.269 e. The Kier molecular flexibility index (Phi) is 5.06. The second kappa shape index (κ2) is 7.21. The number of nitrogens with one attached hydrogen (secondary N) is 2. The molecule has 2 N–H and O–H groups in total. The number of amides is 2. The third-order valence-electron chi connectivity index (χ3n) is 2.85. The van der Waals surface area contributed by atoms with Crippen LogP contribution in [0.25, 0.3) is 0 Å². The molecule has 21 heavy (non-hydrogen) atoms. The third-order valence-corrected chi connectivity index (χ3v) is 2.85. The molecule has 0 atom stereocenters. The van der Waals surface area contributed by atoms with Crippen molar-refractivity contribution in [3.63, 3.8) is 0 Å². The van der Waals surface area contributed by atoms with Crippen molar-refractivity contribution < 1.29 is 14.3 Å². The van der Waals surface area contributed by atoms with E-state index in [0.29, 0.717) is 17.7 Å². The van der Waals surface area contributed by atoms with E-state index in [1.807, 2.05) is 6.07 Å². The van der Waals surface area contributed by atoms with Crippen LogP contribution in [0.2, 0.25) is 0 Å². The molecular weight excluding hydrogens is 268 g/mol. The summed E-state index contributed by atoms with van der Waals surface area (Å²) in [4.78, 5) is 23.7. The zero-order valence-corrected chi connectivity index (χ0v) is 11.6. The number of hydrogen-bond acceptors (Lipinski definition) is 3. The molecule has 0 fully saturated rings. The number of ether oxygens (including phenoxy) is 1. The number of carbonyl (C=O) groups is 2. The SMILES string of the molecule is COCc1ccc(C(=O)NNC(=O)c2ccccc2)cc1. The van der Waals surface area contributed by atoms with Gasteiger partial charge < -0.3 is 4.74 Å². The number of hydrogen-bond donors (Lipinski definition) is 2. The predicted molar refractivity (Wildman–Crippen MR) is 78.5 cm³/mol. The molecule has 5 nitrogen and oxygen atoms in total. The Morgan fingerprint density at radius 2 is 1.38 bits per heavy atom. The lowest BCUT2D eigenvalue weighted by atomic mass is 10.1. The van der Waals surface area contributed by atoms with Crippen molar-refractivity contribution in [2.45, 2.75) is 6.61 Å². The van der Waals surface area contributed by atoms with Crippen molar-refractivity contribution >= 4 is 11.8 Å². The summed E-state index contributed by atoms with van der Waals surface area (Å²) < 4.78 is 5.00. The van der Waals surface area contributed by atoms with Gasteiger partial charge in [-0.1, -0.05) is 30.3 Å². The van der Waals surface area contributed by atoms with E-state index in [9.17, 15) is 9.59 Å². The van der Waals surface area contributed by atoms with Crippen molar-refractivity contribution in [3.8, 4) is 0 Å². The summed E-state index contributed by atoms with van der Waals surface area (Å²) in [5.41, 5.74) is 6.67. The monoisotopic (exact) mass is 284 g/mol. The molecule has 0 saturated heterocycles. The Hall–Kier alpha value is -2.66. The highest BCUT2D eigenvalue weighted by atomic mass is 16.5. The molecule has 2 aromatic carbocycles. The average Bonchev–Trinajstić information content (AvgIpc) is 2.54. The van der Waals surface area contributed by atoms with E-state index in [1.54, 1.807) is 55.6 Å². The van der Waals surface area contributed by atoms with E-state index >= 15 is 0 Å². The summed E-state index contributed by atoms with van der Waals surface area (Å²) in [7, 11) is 1.61. The van der Waals surface area contributed by atoms with E-state index in [4.69, 9.17) is 4.74 Å². The molecule has 0 aliphatic heterocycles. The molecule has 0 aliphatic carbocycles. The number of rotatable bonds is 4. The molecule has 0 heterocycles. The van der Waals surface area contributed by atoms with Gasteiger partial charge in [-0.3, -0.25) is 20.4 Å². The number of carbonyl (C=O) groups excluding carboxylic acids is 2. The van der Waals surface area contributed by atoms with Gasteiger partial charge in [0.1, 0.15) is 0 Å². The van der Waals surface area contributed by atoms with Gasteiger partial charge in [-0.15, -0.1) is 0 Å². The molecular formula is C16H16N2O3. The smallest absolute Gasteiger partial charge is 0.269 e. The zero-order chi connectivity index (χ0) is 15.1. The number of methoxy groups -OCH3 is 1. The van der Waals surface area contributed by atoms with Crippen LogP contribution in [0.1, 0.15) is 26.3 Å². The fourth-order valence-corrected chi connectivity index (χ4v) is 1.77. The van der Waals surface area contributed by atoms with Crippen molar-refractivity contribution in [1.29, 1.82) is 0 Å². The normalized spacial score (nSPS) is 9.95. The number of benzene rings is 2. The maximum atomic E-state index is 11.9. The average molecular weight is 284 g/mol. The molecule has 2 aromatic rings. The first-order valence-corrected chi connectivity index (χ1v) is 6.44. The quantitative estimate of drug-likeness (QED) is 0.843. The predicted octanol–water partition coefficient (Wildman–Crippen LogP) is 1.91. The fraction of sp³-hybridized carbons (Fsp3) is 0.125. The van der Waals surface area contributed by atoms with Crippen LogP contribution >= 0.6 is 0 Å². The molecule has 0 bridgehead atoms. The summed E-state index contributed by atoms with van der Waals surface area (Å²) >= 11 is 0. The van der Waals surface area contributed by atoms with Crippen LogP contribution in [-0.2, 0) is 11.3 Å². The minimum Gasteiger partial charge on any atom is -0.380 e. The summed E-state index contributed by atoms with van der Waals surface area (Å²) in [6, 6.07) is 15.6. The highest BCUT2D eigenvalue weighted by molar-refractivity contribution is 5.99. The van der Waals surface area contributed by atoms with Gasteiger partial charge in [-0.2, -0.15) is 0 Å². The first-order valence-electron chi connectivity index (χ1n) is 6.44. The standard InChI is InChI=1S/C16H16N2O3/c1-21-11-12-7-9-14(10-8-12)16(20)18-17-15(19)13-5-3-2-4-6-13/h2-10H,11H2,1H3,(H,17,19)(H,18,20). The highest BCUT2D eigenvalue weighted by Gasteiger charge is 2.08. The molecule has 0 spiro atoms. The Balaban J connectivity index is 1.91. The molecule has 5 heteroatoms. The van der Waals surface area contributed by atoms with Crippen LogP contribution in [0.4, 0.5) is 0 Å². The van der Waals surface area contributed by atoms with Gasteiger partial charge in [0.2, 0.25) is 0 Å². The Morgan fingerprint density at radius 3 is 1.90 bits per heavy atom.